The first-order valence-electron chi connectivity index (χ1n) is 7.83. The molecule has 1 aliphatic rings. The highest BCUT2D eigenvalue weighted by Gasteiger charge is 2.36. The van der Waals surface area contributed by atoms with Gasteiger partial charge in [-0.3, -0.25) is 19.5 Å². The first-order chi connectivity index (χ1) is 11.9. The van der Waals surface area contributed by atoms with Crippen molar-refractivity contribution in [2.45, 2.75) is 18.9 Å². The Morgan fingerprint density at radius 1 is 1.28 bits per heavy atom. The van der Waals surface area contributed by atoms with E-state index in [4.69, 9.17) is 5.73 Å². The van der Waals surface area contributed by atoms with Crippen molar-refractivity contribution in [1.82, 2.24) is 9.88 Å². The summed E-state index contributed by atoms with van der Waals surface area (Å²) in [5, 5.41) is 2.84. The molecule has 7 heteroatoms. The monoisotopic (exact) mass is 337 g/mol. The van der Waals surface area contributed by atoms with Crippen LogP contribution in [0.3, 0.4) is 0 Å². The predicted octanol–water partition coefficient (Wildman–Crippen LogP) is 1.73. The minimum atomic E-state index is -0.759. The number of carbonyl (C=O) groups excluding carboxylic acids is 2. The lowest BCUT2D eigenvalue weighted by molar-refractivity contribution is -0.128. The number of rotatable bonds is 3. The third-order valence-electron chi connectivity index (χ3n) is 4.26. The van der Waals surface area contributed by atoms with E-state index in [1.807, 2.05) is 25.1 Å². The fraction of sp³-hybridized carbons (Fsp3) is 0.222. The number of carbonyl (C=O) groups is 2. The van der Waals surface area contributed by atoms with Crippen LogP contribution in [-0.2, 0) is 10.3 Å². The van der Waals surface area contributed by atoms with Crippen LogP contribution in [0.5, 0.6) is 0 Å². The molecule has 1 aromatic carbocycles. The Hall–Kier alpha value is -3.22. The van der Waals surface area contributed by atoms with E-state index in [0.717, 1.165) is 5.56 Å². The molecule has 25 heavy (non-hydrogen) atoms. The van der Waals surface area contributed by atoms with Crippen LogP contribution in [0.1, 0.15) is 29.3 Å². The molecule has 0 saturated heterocycles. The average molecular weight is 337 g/mol. The molecular weight excluding hydrogens is 318 g/mol. The number of nitrogens with zero attached hydrogens (tertiary/aromatic N) is 3. The molecule has 0 aliphatic carbocycles. The van der Waals surface area contributed by atoms with Gasteiger partial charge in [0.1, 0.15) is 0 Å². The van der Waals surface area contributed by atoms with Gasteiger partial charge in [-0.25, -0.2) is 4.99 Å². The van der Waals surface area contributed by atoms with Gasteiger partial charge >= 0.3 is 0 Å². The summed E-state index contributed by atoms with van der Waals surface area (Å²) in [6.07, 6.45) is 3.34. The van der Waals surface area contributed by atoms with Gasteiger partial charge in [-0.05, 0) is 36.8 Å². The molecule has 1 atom stereocenters. The van der Waals surface area contributed by atoms with E-state index in [2.05, 4.69) is 15.3 Å². The van der Waals surface area contributed by atoms with Gasteiger partial charge in [-0.15, -0.1) is 0 Å². The molecule has 2 heterocycles. The van der Waals surface area contributed by atoms with Gasteiger partial charge in [0.05, 0.1) is 12.0 Å². The summed E-state index contributed by atoms with van der Waals surface area (Å²) in [6, 6.07) is 10.6. The molecule has 0 fully saturated rings. The summed E-state index contributed by atoms with van der Waals surface area (Å²) in [5.74, 6) is -0.140. The van der Waals surface area contributed by atoms with Gasteiger partial charge in [-0.1, -0.05) is 12.1 Å². The lowest BCUT2D eigenvalue weighted by Gasteiger charge is -2.33. The van der Waals surface area contributed by atoms with Crippen molar-refractivity contribution in [2.24, 2.45) is 10.7 Å². The summed E-state index contributed by atoms with van der Waals surface area (Å²) < 4.78 is 0. The second-order valence-electron chi connectivity index (χ2n) is 6.14. The van der Waals surface area contributed by atoms with Gasteiger partial charge < -0.3 is 11.1 Å². The quantitative estimate of drug-likeness (QED) is 0.890. The van der Waals surface area contributed by atoms with Gasteiger partial charge in [0, 0.05) is 30.7 Å². The number of aliphatic imine (C=N–C) groups is 1. The second-order valence-corrected chi connectivity index (χ2v) is 6.14. The molecule has 128 valence electrons. The maximum absolute atomic E-state index is 12.3. The van der Waals surface area contributed by atoms with Crippen molar-refractivity contribution in [3.05, 3.63) is 59.9 Å². The van der Waals surface area contributed by atoms with Crippen LogP contribution in [0.4, 0.5) is 5.69 Å². The van der Waals surface area contributed by atoms with Crippen molar-refractivity contribution < 1.29 is 9.59 Å². The largest absolute Gasteiger partial charge is 0.369 e. The number of anilines is 1. The molecule has 1 aliphatic heterocycles. The van der Waals surface area contributed by atoms with Crippen molar-refractivity contribution in [2.75, 3.05) is 12.4 Å². The molecule has 1 aromatic heterocycles. The van der Waals surface area contributed by atoms with Gasteiger partial charge in [-0.2, -0.15) is 0 Å². The van der Waals surface area contributed by atoms with Crippen molar-refractivity contribution in [3.8, 4) is 0 Å². The fourth-order valence-electron chi connectivity index (χ4n) is 2.71. The molecule has 0 unspecified atom stereocenters. The van der Waals surface area contributed by atoms with E-state index in [1.165, 1.54) is 4.90 Å². The van der Waals surface area contributed by atoms with Gasteiger partial charge in [0.2, 0.25) is 5.91 Å². The van der Waals surface area contributed by atoms with Crippen LogP contribution in [0, 0.1) is 0 Å². The topological polar surface area (TPSA) is 101 Å². The summed E-state index contributed by atoms with van der Waals surface area (Å²) >= 11 is 0. The predicted molar refractivity (Wildman–Crippen MR) is 95.0 cm³/mol. The lowest BCUT2D eigenvalue weighted by Crippen LogP contribution is -2.47. The Morgan fingerprint density at radius 3 is 2.68 bits per heavy atom. The maximum atomic E-state index is 12.3. The first kappa shape index (κ1) is 16.6. The number of nitrogens with one attached hydrogen (secondary N) is 1. The highest BCUT2D eigenvalue weighted by Crippen LogP contribution is 2.34. The van der Waals surface area contributed by atoms with Crippen LogP contribution >= 0.6 is 0 Å². The second kappa shape index (κ2) is 6.35. The number of hydrogen-bond acceptors (Lipinski definition) is 5. The van der Waals surface area contributed by atoms with E-state index in [1.54, 1.807) is 37.6 Å². The third kappa shape index (κ3) is 3.35. The number of amides is 2. The first-order valence-corrected chi connectivity index (χ1v) is 7.83. The number of hydrogen-bond donors (Lipinski definition) is 2. The summed E-state index contributed by atoms with van der Waals surface area (Å²) in [4.78, 5) is 34.1. The van der Waals surface area contributed by atoms with Crippen LogP contribution in [0.2, 0.25) is 0 Å². The molecule has 0 saturated carbocycles. The highest BCUT2D eigenvalue weighted by atomic mass is 16.2. The van der Waals surface area contributed by atoms with Crippen molar-refractivity contribution in [3.63, 3.8) is 0 Å². The lowest BCUT2D eigenvalue weighted by atomic mass is 9.87. The third-order valence-corrected chi connectivity index (χ3v) is 4.26. The van der Waals surface area contributed by atoms with Crippen LogP contribution in [0.15, 0.2) is 53.8 Å². The summed E-state index contributed by atoms with van der Waals surface area (Å²) in [6.45, 7) is 1.86. The van der Waals surface area contributed by atoms with E-state index in [-0.39, 0.29) is 24.2 Å². The van der Waals surface area contributed by atoms with E-state index >= 15 is 0 Å². The Kier molecular flexibility index (Phi) is 4.22. The maximum Gasteiger partial charge on any atom is 0.255 e. The Morgan fingerprint density at radius 2 is 2.00 bits per heavy atom. The molecule has 3 rings (SSSR count). The Bertz CT molecular complexity index is 850. The molecule has 0 spiro atoms. The molecule has 0 radical (unpaired) electrons. The van der Waals surface area contributed by atoms with Crippen molar-refractivity contribution in [1.29, 1.82) is 0 Å². The minimum absolute atomic E-state index is 0.0961. The summed E-state index contributed by atoms with van der Waals surface area (Å²) in [5.41, 5.74) is 7.05. The number of pyridine rings is 1. The molecule has 2 aromatic rings. The Labute approximate surface area is 145 Å². The zero-order chi connectivity index (χ0) is 18.0. The van der Waals surface area contributed by atoms with Crippen LogP contribution < -0.4 is 11.1 Å². The van der Waals surface area contributed by atoms with E-state index in [9.17, 15) is 9.59 Å². The van der Waals surface area contributed by atoms with E-state index < -0.39 is 5.54 Å². The zero-order valence-corrected chi connectivity index (χ0v) is 14.1. The normalized spacial score (nSPS) is 20.2. The number of nitrogens with two attached hydrogens (primary N) is 1. The Balaban J connectivity index is 1.87. The number of aromatic nitrogens is 1. The molecule has 7 nitrogen and oxygen atoms in total. The van der Waals surface area contributed by atoms with Crippen molar-refractivity contribution >= 4 is 23.5 Å². The fourth-order valence-corrected chi connectivity index (χ4v) is 2.71. The van der Waals surface area contributed by atoms with Crippen LogP contribution in [-0.4, -0.2) is 34.7 Å². The van der Waals surface area contributed by atoms with Crippen LogP contribution in [0.25, 0.3) is 0 Å². The standard InChI is InChI=1S/C18H19N5O2/c1-18(11-15(24)23(2)17(19)22-18)13-4-3-5-14(10-13)21-16(25)12-6-8-20-9-7-12/h3-10H,11H2,1-2H3,(H2,19,22)(H,21,25)/t18-/m1/s1. The molecule has 3 N–H and O–H groups in total. The smallest absolute Gasteiger partial charge is 0.255 e. The highest BCUT2D eigenvalue weighted by molar-refractivity contribution is 6.04. The number of guanidine groups is 1. The zero-order valence-electron chi connectivity index (χ0n) is 14.1. The average Bonchev–Trinajstić information content (AvgIpc) is 2.60. The molecule has 0 bridgehead atoms. The van der Waals surface area contributed by atoms with Gasteiger partial charge in [0.25, 0.3) is 5.91 Å². The van der Waals surface area contributed by atoms with E-state index in [0.29, 0.717) is 11.3 Å². The summed E-state index contributed by atoms with van der Waals surface area (Å²) in [7, 11) is 1.60. The minimum Gasteiger partial charge on any atom is -0.369 e. The number of benzene rings is 1. The molecular formula is C18H19N5O2. The SMILES string of the molecule is CN1C(=O)C[C@](C)(c2cccc(NC(=O)c3ccncc3)c2)N=C1N. The van der Waals surface area contributed by atoms with Gasteiger partial charge in [0.15, 0.2) is 5.96 Å². The molecule has 2 amide bonds.